The van der Waals surface area contributed by atoms with Crippen molar-refractivity contribution in [2.75, 3.05) is 13.7 Å². The fraction of sp³-hybridized carbons (Fsp3) is 0.500. The molecule has 0 aliphatic rings. The van der Waals surface area contributed by atoms with Crippen molar-refractivity contribution >= 4 is 5.97 Å². The van der Waals surface area contributed by atoms with E-state index in [1.165, 1.54) is 7.11 Å². The van der Waals surface area contributed by atoms with Gasteiger partial charge in [-0.15, -0.1) is 13.2 Å². The molecule has 0 bridgehead atoms. The van der Waals surface area contributed by atoms with Crippen LogP contribution in [0.4, 0.5) is 13.2 Å². The van der Waals surface area contributed by atoms with Crippen LogP contribution in [0.25, 0.3) is 0 Å². The van der Waals surface area contributed by atoms with Crippen LogP contribution in [0.2, 0.25) is 0 Å². The molecule has 0 amide bonds. The first-order valence-corrected chi connectivity index (χ1v) is 5.99. The van der Waals surface area contributed by atoms with E-state index in [1.807, 2.05) is 0 Å². The molecule has 0 spiro atoms. The summed E-state index contributed by atoms with van der Waals surface area (Å²) in [7, 11) is 1.29. The second-order valence-electron chi connectivity index (χ2n) is 3.84. The normalized spacial score (nSPS) is 11.1. The van der Waals surface area contributed by atoms with E-state index in [-0.39, 0.29) is 30.3 Å². The van der Waals surface area contributed by atoms with Crippen LogP contribution < -0.4 is 15.2 Å². The third-order valence-corrected chi connectivity index (χ3v) is 2.36. The number of carbonyl (C=O) groups is 1. The molecule has 1 rings (SSSR count). The van der Waals surface area contributed by atoms with Crippen molar-refractivity contribution < 1.29 is 32.2 Å². The Balaban J connectivity index is 3.19. The summed E-state index contributed by atoms with van der Waals surface area (Å²) in [6.45, 7) is 1.59. The van der Waals surface area contributed by atoms with Crippen molar-refractivity contribution in [3.05, 3.63) is 17.3 Å². The van der Waals surface area contributed by atoms with Gasteiger partial charge in [-0.1, -0.05) is 0 Å². The minimum atomic E-state index is -4.91. The first-order valence-electron chi connectivity index (χ1n) is 5.99. The molecule has 21 heavy (non-hydrogen) atoms. The quantitative estimate of drug-likeness (QED) is 0.803. The number of nitrogens with two attached hydrogens (primary N) is 1. The Morgan fingerprint density at radius 1 is 1.43 bits per heavy atom. The van der Waals surface area contributed by atoms with Crippen molar-refractivity contribution in [1.29, 1.82) is 0 Å². The predicted octanol–water partition coefficient (Wildman–Crippen LogP) is 1.55. The van der Waals surface area contributed by atoms with Gasteiger partial charge in [0.15, 0.2) is 5.75 Å². The zero-order valence-electron chi connectivity index (χ0n) is 11.5. The molecule has 0 atom stereocenters. The number of methoxy groups -OCH3 is 1. The number of halogens is 3. The average molecular weight is 308 g/mol. The summed E-state index contributed by atoms with van der Waals surface area (Å²) in [6.07, 6.45) is -5.38. The van der Waals surface area contributed by atoms with Crippen molar-refractivity contribution in [1.82, 2.24) is 4.98 Å². The predicted molar refractivity (Wildman–Crippen MR) is 65.7 cm³/mol. The molecule has 9 heteroatoms. The van der Waals surface area contributed by atoms with Crippen molar-refractivity contribution in [3.63, 3.8) is 0 Å². The molecular formula is C12H15F3N2O4. The lowest BCUT2D eigenvalue weighted by Gasteiger charge is -2.15. The van der Waals surface area contributed by atoms with Gasteiger partial charge in [-0.05, 0) is 13.0 Å². The van der Waals surface area contributed by atoms with Gasteiger partial charge in [-0.25, -0.2) is 4.98 Å². The standard InChI is InChI=1S/C12H15F3N2O4/c1-3-20-10(18)5-8-9(21-12(13,14)15)4-7(6-16)11(17-8)19-2/h4H,3,5-6,16H2,1-2H3. The molecule has 0 saturated carbocycles. The molecule has 0 saturated heterocycles. The maximum absolute atomic E-state index is 12.4. The SMILES string of the molecule is CCOC(=O)Cc1nc(OC)c(CN)cc1OC(F)(F)F. The van der Waals surface area contributed by atoms with Gasteiger partial charge in [0.25, 0.3) is 0 Å². The number of aromatic nitrogens is 1. The minimum Gasteiger partial charge on any atom is -0.481 e. The van der Waals surface area contributed by atoms with Crippen LogP contribution in [0.15, 0.2) is 6.07 Å². The third-order valence-electron chi connectivity index (χ3n) is 2.36. The van der Waals surface area contributed by atoms with E-state index in [1.54, 1.807) is 6.92 Å². The lowest BCUT2D eigenvalue weighted by atomic mass is 10.2. The summed E-state index contributed by atoms with van der Waals surface area (Å²) < 4.78 is 50.7. The largest absolute Gasteiger partial charge is 0.573 e. The molecule has 0 unspecified atom stereocenters. The Bertz CT molecular complexity index is 506. The van der Waals surface area contributed by atoms with E-state index in [4.69, 9.17) is 10.5 Å². The van der Waals surface area contributed by atoms with Gasteiger partial charge in [0.2, 0.25) is 5.88 Å². The van der Waals surface area contributed by atoms with Crippen LogP contribution in [0.3, 0.4) is 0 Å². The average Bonchev–Trinajstić information content (AvgIpc) is 2.38. The van der Waals surface area contributed by atoms with E-state index < -0.39 is 24.5 Å². The summed E-state index contributed by atoms with van der Waals surface area (Å²) in [4.78, 5) is 15.3. The third kappa shape index (κ3) is 5.10. The van der Waals surface area contributed by atoms with Crippen LogP contribution >= 0.6 is 0 Å². The molecule has 0 radical (unpaired) electrons. The molecule has 0 fully saturated rings. The number of pyridine rings is 1. The van der Waals surface area contributed by atoms with Gasteiger partial charge in [0.1, 0.15) is 0 Å². The first-order chi connectivity index (χ1) is 9.80. The van der Waals surface area contributed by atoms with Crippen molar-refractivity contribution in [2.45, 2.75) is 26.3 Å². The van der Waals surface area contributed by atoms with E-state index in [9.17, 15) is 18.0 Å². The summed E-state index contributed by atoms with van der Waals surface area (Å²) in [5.74, 6) is -1.29. The number of esters is 1. The highest BCUT2D eigenvalue weighted by molar-refractivity contribution is 5.73. The van der Waals surface area contributed by atoms with E-state index in [0.29, 0.717) is 0 Å². The highest BCUT2D eigenvalue weighted by atomic mass is 19.4. The molecule has 1 aromatic rings. The van der Waals surface area contributed by atoms with Crippen molar-refractivity contribution in [2.24, 2.45) is 5.73 Å². The van der Waals surface area contributed by atoms with Gasteiger partial charge < -0.3 is 19.9 Å². The second-order valence-corrected chi connectivity index (χ2v) is 3.84. The fourth-order valence-electron chi connectivity index (χ4n) is 1.56. The fourth-order valence-corrected chi connectivity index (χ4v) is 1.56. The topological polar surface area (TPSA) is 83.7 Å². The number of carbonyl (C=O) groups excluding carboxylic acids is 1. The monoisotopic (exact) mass is 308 g/mol. The van der Waals surface area contributed by atoms with E-state index >= 15 is 0 Å². The smallest absolute Gasteiger partial charge is 0.481 e. The first kappa shape index (κ1) is 17.0. The Morgan fingerprint density at radius 3 is 2.57 bits per heavy atom. The molecule has 0 aliphatic heterocycles. The number of alkyl halides is 3. The molecule has 6 nitrogen and oxygen atoms in total. The van der Waals surface area contributed by atoms with Gasteiger partial charge in [-0.2, -0.15) is 0 Å². The molecular weight excluding hydrogens is 293 g/mol. The number of nitrogens with zero attached hydrogens (tertiary/aromatic N) is 1. The van der Waals surface area contributed by atoms with Gasteiger partial charge >= 0.3 is 12.3 Å². The molecule has 0 aromatic carbocycles. The maximum Gasteiger partial charge on any atom is 0.573 e. The lowest BCUT2D eigenvalue weighted by molar-refractivity contribution is -0.275. The minimum absolute atomic E-state index is 0.0336. The summed E-state index contributed by atoms with van der Waals surface area (Å²) in [5, 5.41) is 0. The van der Waals surface area contributed by atoms with Gasteiger partial charge in [-0.3, -0.25) is 4.79 Å². The second kappa shape index (κ2) is 7.11. The van der Waals surface area contributed by atoms with E-state index in [0.717, 1.165) is 6.07 Å². The lowest BCUT2D eigenvalue weighted by Crippen LogP contribution is -2.20. The summed E-state index contributed by atoms with van der Waals surface area (Å²) >= 11 is 0. The van der Waals surface area contributed by atoms with Crippen LogP contribution in [0.1, 0.15) is 18.2 Å². The van der Waals surface area contributed by atoms with Crippen LogP contribution in [0, 0.1) is 0 Å². The molecule has 0 aliphatic carbocycles. The van der Waals surface area contributed by atoms with Crippen LogP contribution in [0.5, 0.6) is 11.6 Å². The highest BCUT2D eigenvalue weighted by Gasteiger charge is 2.33. The number of hydrogen-bond acceptors (Lipinski definition) is 6. The Morgan fingerprint density at radius 2 is 2.10 bits per heavy atom. The van der Waals surface area contributed by atoms with E-state index in [2.05, 4.69) is 14.5 Å². The molecule has 1 aromatic heterocycles. The Labute approximate surface area is 119 Å². The number of ether oxygens (including phenoxy) is 3. The van der Waals surface area contributed by atoms with Gasteiger partial charge in [0.05, 0.1) is 25.8 Å². The molecule has 2 N–H and O–H groups in total. The van der Waals surface area contributed by atoms with Crippen LogP contribution in [-0.2, 0) is 22.5 Å². The molecule has 1 heterocycles. The number of hydrogen-bond donors (Lipinski definition) is 1. The maximum atomic E-state index is 12.4. The summed E-state index contributed by atoms with van der Waals surface area (Å²) in [6, 6.07) is 1.05. The van der Waals surface area contributed by atoms with Crippen molar-refractivity contribution in [3.8, 4) is 11.6 Å². The van der Waals surface area contributed by atoms with Gasteiger partial charge in [0, 0.05) is 12.1 Å². The Hall–Kier alpha value is -2.03. The zero-order chi connectivity index (χ0) is 16.0. The Kier molecular flexibility index (Phi) is 5.77. The number of rotatable bonds is 6. The summed E-state index contributed by atoms with van der Waals surface area (Å²) in [5.41, 5.74) is 5.40. The molecule has 118 valence electrons. The zero-order valence-corrected chi connectivity index (χ0v) is 11.5. The van der Waals surface area contributed by atoms with Crippen LogP contribution in [-0.4, -0.2) is 31.0 Å². The highest BCUT2D eigenvalue weighted by Crippen LogP contribution is 2.30.